The molecule has 0 aromatic carbocycles. The van der Waals surface area contributed by atoms with Crippen LogP contribution in [0.4, 0.5) is 0 Å². The van der Waals surface area contributed by atoms with E-state index in [0.717, 1.165) is 19.3 Å². The van der Waals surface area contributed by atoms with Gasteiger partial charge in [-0.3, -0.25) is 0 Å². The van der Waals surface area contributed by atoms with Crippen molar-refractivity contribution in [2.45, 2.75) is 77.2 Å². The molecule has 98 valence electrons. The van der Waals surface area contributed by atoms with Crippen LogP contribution in [0, 0.1) is 0 Å². The zero-order valence-electron chi connectivity index (χ0n) is 11.4. The second-order valence-electron chi connectivity index (χ2n) is 4.77. The highest BCUT2D eigenvalue weighted by Gasteiger charge is 2.27. The van der Waals surface area contributed by atoms with Crippen molar-refractivity contribution >= 4 is 0 Å². The minimum absolute atomic E-state index is 0.0565. The largest absolute Gasteiger partial charge is 0.396 e. The summed E-state index contributed by atoms with van der Waals surface area (Å²) >= 11 is 0. The summed E-state index contributed by atoms with van der Waals surface area (Å²) in [7, 11) is 1.80. The molecule has 2 heteroatoms. The fourth-order valence-electron chi connectivity index (χ4n) is 2.28. The SMILES string of the molecule is CCCCCC(CCO)(CCCCC)OC. The predicted molar refractivity (Wildman–Crippen MR) is 69.7 cm³/mol. The Morgan fingerprint density at radius 3 is 1.69 bits per heavy atom. The molecular formula is C14H30O2. The highest BCUT2D eigenvalue weighted by Crippen LogP contribution is 2.29. The van der Waals surface area contributed by atoms with Gasteiger partial charge >= 0.3 is 0 Å². The van der Waals surface area contributed by atoms with Crippen LogP contribution in [-0.2, 0) is 4.74 Å². The van der Waals surface area contributed by atoms with E-state index < -0.39 is 0 Å². The highest BCUT2D eigenvalue weighted by molar-refractivity contribution is 4.80. The van der Waals surface area contributed by atoms with Gasteiger partial charge in [-0.05, 0) is 19.3 Å². The number of hydrogen-bond acceptors (Lipinski definition) is 2. The Kier molecular flexibility index (Phi) is 10.0. The van der Waals surface area contributed by atoms with E-state index in [1.54, 1.807) is 7.11 Å². The van der Waals surface area contributed by atoms with Gasteiger partial charge in [0, 0.05) is 13.7 Å². The van der Waals surface area contributed by atoms with Gasteiger partial charge in [-0.15, -0.1) is 0 Å². The summed E-state index contributed by atoms with van der Waals surface area (Å²) in [4.78, 5) is 0. The summed E-state index contributed by atoms with van der Waals surface area (Å²) in [6, 6.07) is 0. The molecule has 0 aromatic rings. The molecule has 0 bridgehead atoms. The third kappa shape index (κ3) is 6.49. The molecule has 1 N–H and O–H groups in total. The normalized spacial score (nSPS) is 12.0. The summed E-state index contributed by atoms with van der Waals surface area (Å²) in [5, 5.41) is 9.17. The van der Waals surface area contributed by atoms with Crippen LogP contribution in [0.25, 0.3) is 0 Å². The number of rotatable bonds is 11. The van der Waals surface area contributed by atoms with Crippen LogP contribution >= 0.6 is 0 Å². The van der Waals surface area contributed by atoms with Crippen molar-refractivity contribution in [1.29, 1.82) is 0 Å². The standard InChI is InChI=1S/C14H30O2/c1-4-6-8-10-14(16-3,12-13-15)11-9-7-5-2/h15H,4-13H2,1-3H3. The summed E-state index contributed by atoms with van der Waals surface area (Å²) in [5.41, 5.74) is -0.0565. The molecule has 0 heterocycles. The predicted octanol–water partition coefficient (Wildman–Crippen LogP) is 3.91. The van der Waals surface area contributed by atoms with Gasteiger partial charge in [-0.2, -0.15) is 0 Å². The summed E-state index contributed by atoms with van der Waals surface area (Å²) in [6.07, 6.45) is 10.4. The topological polar surface area (TPSA) is 29.5 Å². The van der Waals surface area contributed by atoms with Crippen LogP contribution in [0.15, 0.2) is 0 Å². The lowest BCUT2D eigenvalue weighted by atomic mass is 9.87. The molecule has 0 aliphatic heterocycles. The summed E-state index contributed by atoms with van der Waals surface area (Å²) in [5.74, 6) is 0. The van der Waals surface area contributed by atoms with Crippen LogP contribution in [0.3, 0.4) is 0 Å². The van der Waals surface area contributed by atoms with Crippen molar-refractivity contribution in [3.63, 3.8) is 0 Å². The first-order chi connectivity index (χ1) is 7.74. The maximum absolute atomic E-state index is 9.17. The number of methoxy groups -OCH3 is 1. The van der Waals surface area contributed by atoms with Gasteiger partial charge in [-0.25, -0.2) is 0 Å². The smallest absolute Gasteiger partial charge is 0.0700 e. The van der Waals surface area contributed by atoms with Crippen molar-refractivity contribution in [1.82, 2.24) is 0 Å². The quantitative estimate of drug-likeness (QED) is 0.545. The van der Waals surface area contributed by atoms with Crippen LogP contribution in [0.1, 0.15) is 71.6 Å². The Bertz CT molecular complexity index is 136. The van der Waals surface area contributed by atoms with Gasteiger partial charge in [0.25, 0.3) is 0 Å². The van der Waals surface area contributed by atoms with Gasteiger partial charge in [0.1, 0.15) is 0 Å². The fraction of sp³-hybridized carbons (Fsp3) is 1.00. The molecule has 0 atom stereocenters. The fourth-order valence-corrected chi connectivity index (χ4v) is 2.28. The monoisotopic (exact) mass is 230 g/mol. The van der Waals surface area contributed by atoms with E-state index in [1.165, 1.54) is 38.5 Å². The maximum atomic E-state index is 9.17. The molecule has 0 saturated carbocycles. The van der Waals surface area contributed by atoms with Crippen molar-refractivity contribution in [3.8, 4) is 0 Å². The second-order valence-corrected chi connectivity index (χ2v) is 4.77. The average molecular weight is 230 g/mol. The summed E-state index contributed by atoms with van der Waals surface area (Å²) < 4.78 is 5.71. The van der Waals surface area contributed by atoms with E-state index in [0.29, 0.717) is 0 Å². The third-order valence-electron chi connectivity index (χ3n) is 3.47. The lowest BCUT2D eigenvalue weighted by Crippen LogP contribution is -2.32. The number of aliphatic hydroxyl groups is 1. The first kappa shape index (κ1) is 15.9. The van der Waals surface area contributed by atoms with Crippen molar-refractivity contribution in [2.24, 2.45) is 0 Å². The molecule has 16 heavy (non-hydrogen) atoms. The van der Waals surface area contributed by atoms with E-state index >= 15 is 0 Å². The first-order valence-corrected chi connectivity index (χ1v) is 6.90. The summed E-state index contributed by atoms with van der Waals surface area (Å²) in [6.45, 7) is 4.68. The van der Waals surface area contributed by atoms with E-state index in [9.17, 15) is 0 Å². The van der Waals surface area contributed by atoms with E-state index in [-0.39, 0.29) is 12.2 Å². The number of aliphatic hydroxyl groups excluding tert-OH is 1. The van der Waals surface area contributed by atoms with Crippen molar-refractivity contribution in [3.05, 3.63) is 0 Å². The van der Waals surface area contributed by atoms with Crippen LogP contribution in [0.2, 0.25) is 0 Å². The van der Waals surface area contributed by atoms with Gasteiger partial charge in [0.15, 0.2) is 0 Å². The Morgan fingerprint density at radius 2 is 1.38 bits per heavy atom. The Hall–Kier alpha value is -0.0800. The Morgan fingerprint density at radius 1 is 0.875 bits per heavy atom. The second kappa shape index (κ2) is 10.1. The Labute approximate surface area is 101 Å². The average Bonchev–Trinajstić information content (AvgIpc) is 2.29. The van der Waals surface area contributed by atoms with Crippen molar-refractivity contribution in [2.75, 3.05) is 13.7 Å². The molecule has 0 radical (unpaired) electrons. The molecular weight excluding hydrogens is 200 g/mol. The van der Waals surface area contributed by atoms with Crippen molar-refractivity contribution < 1.29 is 9.84 Å². The lowest BCUT2D eigenvalue weighted by molar-refractivity contribution is -0.0443. The minimum Gasteiger partial charge on any atom is -0.396 e. The van der Waals surface area contributed by atoms with Crippen LogP contribution < -0.4 is 0 Å². The molecule has 2 nitrogen and oxygen atoms in total. The van der Waals surface area contributed by atoms with E-state index in [1.807, 2.05) is 0 Å². The zero-order valence-corrected chi connectivity index (χ0v) is 11.4. The molecule has 0 fully saturated rings. The molecule has 0 unspecified atom stereocenters. The maximum Gasteiger partial charge on any atom is 0.0700 e. The van der Waals surface area contributed by atoms with Crippen LogP contribution in [0.5, 0.6) is 0 Å². The van der Waals surface area contributed by atoms with E-state index in [2.05, 4.69) is 13.8 Å². The third-order valence-corrected chi connectivity index (χ3v) is 3.47. The molecule has 0 spiro atoms. The molecule has 0 rings (SSSR count). The van der Waals surface area contributed by atoms with Gasteiger partial charge in [0.05, 0.1) is 5.60 Å². The van der Waals surface area contributed by atoms with Gasteiger partial charge in [-0.1, -0.05) is 52.4 Å². The lowest BCUT2D eigenvalue weighted by Gasteiger charge is -2.32. The van der Waals surface area contributed by atoms with Crippen LogP contribution in [-0.4, -0.2) is 24.4 Å². The minimum atomic E-state index is -0.0565. The number of hydrogen-bond donors (Lipinski definition) is 1. The molecule has 0 aromatic heterocycles. The Balaban J connectivity index is 4.09. The molecule has 0 saturated heterocycles. The molecule has 0 aliphatic rings. The molecule has 0 amide bonds. The first-order valence-electron chi connectivity index (χ1n) is 6.90. The van der Waals surface area contributed by atoms with Gasteiger partial charge < -0.3 is 9.84 Å². The highest BCUT2D eigenvalue weighted by atomic mass is 16.5. The van der Waals surface area contributed by atoms with E-state index in [4.69, 9.17) is 9.84 Å². The molecule has 0 aliphatic carbocycles. The zero-order chi connectivity index (χ0) is 12.3. The van der Waals surface area contributed by atoms with Gasteiger partial charge in [0.2, 0.25) is 0 Å². The number of unbranched alkanes of at least 4 members (excludes halogenated alkanes) is 4. The number of ether oxygens (including phenoxy) is 1.